The standard InChI is InChI=1S/C6H10F2O/c1-5(2,7)6(3,8)4-9/h4H,1-3H3. The molecule has 0 fully saturated rings. The molecule has 1 atom stereocenters. The van der Waals surface area contributed by atoms with Gasteiger partial charge in [0, 0.05) is 0 Å². The van der Waals surface area contributed by atoms with Crippen molar-refractivity contribution in [2.45, 2.75) is 32.1 Å². The van der Waals surface area contributed by atoms with Gasteiger partial charge in [0.2, 0.25) is 0 Å². The summed E-state index contributed by atoms with van der Waals surface area (Å²) in [6.07, 6.45) is -0.0208. The maximum atomic E-state index is 12.6. The number of halogens is 2. The molecular weight excluding hydrogens is 126 g/mol. The van der Waals surface area contributed by atoms with Crippen LogP contribution in [0.5, 0.6) is 0 Å². The molecule has 0 amide bonds. The fraction of sp³-hybridized carbons (Fsp3) is 0.833. The van der Waals surface area contributed by atoms with Crippen LogP contribution in [0.15, 0.2) is 0 Å². The van der Waals surface area contributed by atoms with Crippen molar-refractivity contribution < 1.29 is 13.6 Å². The van der Waals surface area contributed by atoms with Crippen molar-refractivity contribution in [1.82, 2.24) is 0 Å². The fourth-order valence-electron chi connectivity index (χ4n) is 0.140. The van der Waals surface area contributed by atoms with Gasteiger partial charge >= 0.3 is 0 Å². The first-order valence-corrected chi connectivity index (χ1v) is 2.65. The molecule has 3 heteroatoms. The van der Waals surface area contributed by atoms with Gasteiger partial charge in [-0.15, -0.1) is 0 Å². The van der Waals surface area contributed by atoms with Gasteiger partial charge in [-0.25, -0.2) is 8.78 Å². The Hall–Kier alpha value is -0.470. The molecule has 0 aromatic rings. The topological polar surface area (TPSA) is 17.1 Å². The monoisotopic (exact) mass is 136 g/mol. The third kappa shape index (κ3) is 1.73. The van der Waals surface area contributed by atoms with Gasteiger partial charge in [-0.05, 0) is 20.8 Å². The number of carbonyl (C=O) groups excluding carboxylic acids is 1. The first-order valence-electron chi connectivity index (χ1n) is 2.65. The molecule has 0 saturated heterocycles. The summed E-state index contributed by atoms with van der Waals surface area (Å²) in [4.78, 5) is 9.86. The van der Waals surface area contributed by atoms with Crippen LogP contribution in [0.2, 0.25) is 0 Å². The quantitative estimate of drug-likeness (QED) is 0.527. The van der Waals surface area contributed by atoms with Crippen molar-refractivity contribution in [3.8, 4) is 0 Å². The fourth-order valence-corrected chi connectivity index (χ4v) is 0.140. The Morgan fingerprint density at radius 1 is 1.22 bits per heavy atom. The van der Waals surface area contributed by atoms with E-state index in [1.165, 1.54) is 0 Å². The minimum Gasteiger partial charge on any atom is -0.300 e. The van der Waals surface area contributed by atoms with Crippen LogP contribution in [0.25, 0.3) is 0 Å². The number of rotatable bonds is 2. The Morgan fingerprint density at radius 3 is 1.56 bits per heavy atom. The van der Waals surface area contributed by atoms with E-state index >= 15 is 0 Å². The van der Waals surface area contributed by atoms with E-state index in [-0.39, 0.29) is 6.29 Å². The minimum absolute atomic E-state index is 0.0208. The summed E-state index contributed by atoms with van der Waals surface area (Å²) in [6, 6.07) is 0. The van der Waals surface area contributed by atoms with Crippen LogP contribution in [0.3, 0.4) is 0 Å². The summed E-state index contributed by atoms with van der Waals surface area (Å²) in [5.74, 6) is 0. The van der Waals surface area contributed by atoms with Crippen LogP contribution in [-0.2, 0) is 4.79 Å². The minimum atomic E-state index is -2.37. The first kappa shape index (κ1) is 8.53. The van der Waals surface area contributed by atoms with E-state index in [1.807, 2.05) is 0 Å². The van der Waals surface area contributed by atoms with Crippen LogP contribution in [0.1, 0.15) is 20.8 Å². The average Bonchev–Trinajstić information content (AvgIpc) is 1.64. The van der Waals surface area contributed by atoms with Gasteiger partial charge in [0.05, 0.1) is 0 Å². The Bertz CT molecular complexity index is 113. The predicted octanol–water partition coefficient (Wildman–Crippen LogP) is 1.66. The van der Waals surface area contributed by atoms with E-state index in [0.29, 0.717) is 0 Å². The smallest absolute Gasteiger partial charge is 0.196 e. The number of alkyl halides is 2. The zero-order valence-electron chi connectivity index (χ0n) is 5.74. The predicted molar refractivity (Wildman–Crippen MR) is 30.8 cm³/mol. The summed E-state index contributed by atoms with van der Waals surface area (Å²) >= 11 is 0. The molecule has 1 nitrogen and oxygen atoms in total. The lowest BCUT2D eigenvalue weighted by Gasteiger charge is -2.24. The molecular formula is C6H10F2O. The van der Waals surface area contributed by atoms with Crippen molar-refractivity contribution in [3.63, 3.8) is 0 Å². The first-order chi connectivity index (χ1) is 3.81. The van der Waals surface area contributed by atoms with E-state index in [9.17, 15) is 13.6 Å². The summed E-state index contributed by atoms with van der Waals surface area (Å²) in [6.45, 7) is 2.98. The molecule has 0 rings (SSSR count). The molecule has 0 bridgehead atoms. The molecule has 0 aliphatic heterocycles. The zero-order chi connectivity index (χ0) is 7.71. The highest BCUT2D eigenvalue weighted by Crippen LogP contribution is 2.27. The lowest BCUT2D eigenvalue weighted by molar-refractivity contribution is -0.125. The third-order valence-electron chi connectivity index (χ3n) is 1.38. The molecule has 0 aliphatic rings. The van der Waals surface area contributed by atoms with Crippen LogP contribution in [0, 0.1) is 0 Å². The van der Waals surface area contributed by atoms with Gasteiger partial charge in [-0.1, -0.05) is 0 Å². The number of hydrogen-bond donors (Lipinski definition) is 0. The lowest BCUT2D eigenvalue weighted by Crippen LogP contribution is -2.41. The van der Waals surface area contributed by atoms with Gasteiger partial charge in [-0.3, -0.25) is 4.79 Å². The van der Waals surface area contributed by atoms with E-state index in [0.717, 1.165) is 20.8 Å². The summed E-state index contributed by atoms with van der Waals surface area (Å²) in [7, 11) is 0. The molecule has 1 unspecified atom stereocenters. The van der Waals surface area contributed by atoms with E-state index in [2.05, 4.69) is 0 Å². The van der Waals surface area contributed by atoms with Crippen molar-refractivity contribution in [3.05, 3.63) is 0 Å². The largest absolute Gasteiger partial charge is 0.300 e. The van der Waals surface area contributed by atoms with E-state index in [4.69, 9.17) is 0 Å². The molecule has 9 heavy (non-hydrogen) atoms. The summed E-state index contributed by atoms with van der Waals surface area (Å²) in [5.41, 5.74) is -4.46. The highest BCUT2D eigenvalue weighted by atomic mass is 19.2. The van der Waals surface area contributed by atoms with Crippen molar-refractivity contribution in [2.75, 3.05) is 0 Å². The van der Waals surface area contributed by atoms with Gasteiger partial charge in [-0.2, -0.15) is 0 Å². The second kappa shape index (κ2) is 2.05. The van der Waals surface area contributed by atoms with E-state index in [1.54, 1.807) is 0 Å². The normalized spacial score (nSPS) is 18.8. The van der Waals surface area contributed by atoms with Crippen LogP contribution in [0.4, 0.5) is 8.78 Å². The van der Waals surface area contributed by atoms with Gasteiger partial charge in [0.15, 0.2) is 12.0 Å². The molecule has 0 heterocycles. The Kier molecular flexibility index (Phi) is 1.94. The summed E-state index contributed by atoms with van der Waals surface area (Å²) < 4.78 is 25.1. The Morgan fingerprint density at radius 2 is 1.56 bits per heavy atom. The van der Waals surface area contributed by atoms with Gasteiger partial charge < -0.3 is 0 Å². The lowest BCUT2D eigenvalue weighted by atomic mass is 9.93. The van der Waals surface area contributed by atoms with Crippen LogP contribution in [-0.4, -0.2) is 17.6 Å². The summed E-state index contributed by atoms with van der Waals surface area (Å²) in [5, 5.41) is 0. The molecule has 0 aromatic heterocycles. The number of hydrogen-bond acceptors (Lipinski definition) is 1. The molecule has 0 N–H and O–H groups in total. The van der Waals surface area contributed by atoms with Crippen molar-refractivity contribution in [2.24, 2.45) is 0 Å². The maximum Gasteiger partial charge on any atom is 0.196 e. The molecule has 0 aliphatic carbocycles. The van der Waals surface area contributed by atoms with Crippen molar-refractivity contribution >= 4 is 6.29 Å². The zero-order valence-corrected chi connectivity index (χ0v) is 5.74. The van der Waals surface area contributed by atoms with Crippen LogP contribution < -0.4 is 0 Å². The second-order valence-electron chi connectivity index (χ2n) is 2.67. The highest BCUT2D eigenvalue weighted by molar-refractivity contribution is 5.63. The molecule has 0 saturated carbocycles. The average molecular weight is 136 g/mol. The number of aldehydes is 1. The molecule has 0 radical (unpaired) electrons. The molecule has 0 spiro atoms. The SMILES string of the molecule is CC(C)(F)C(C)(F)C=O. The third-order valence-corrected chi connectivity index (χ3v) is 1.38. The molecule has 54 valence electrons. The van der Waals surface area contributed by atoms with Crippen molar-refractivity contribution in [1.29, 1.82) is 0 Å². The van der Waals surface area contributed by atoms with Gasteiger partial charge in [0.1, 0.15) is 5.67 Å². The number of carbonyl (C=O) groups is 1. The highest BCUT2D eigenvalue weighted by Gasteiger charge is 2.41. The van der Waals surface area contributed by atoms with Crippen LogP contribution >= 0.6 is 0 Å². The van der Waals surface area contributed by atoms with E-state index < -0.39 is 11.3 Å². The molecule has 0 aromatic carbocycles. The second-order valence-corrected chi connectivity index (χ2v) is 2.67. The van der Waals surface area contributed by atoms with Gasteiger partial charge in [0.25, 0.3) is 0 Å². The maximum absolute atomic E-state index is 12.6. The Balaban J connectivity index is 4.32. The Labute approximate surface area is 53.1 Å².